The van der Waals surface area contributed by atoms with E-state index >= 15 is 0 Å². The first kappa shape index (κ1) is 15.1. The summed E-state index contributed by atoms with van der Waals surface area (Å²) in [4.78, 5) is 8.69. The SMILES string of the molecule is CNc1nc(N)c2c(CCCN)c(OC)c(OC)cc2n1. The van der Waals surface area contributed by atoms with Crippen molar-refractivity contribution in [3.05, 3.63) is 11.6 Å². The Morgan fingerprint density at radius 1 is 1.24 bits per heavy atom. The van der Waals surface area contributed by atoms with Gasteiger partial charge in [0.05, 0.1) is 19.7 Å². The van der Waals surface area contributed by atoms with Crippen molar-refractivity contribution in [3.63, 3.8) is 0 Å². The van der Waals surface area contributed by atoms with Gasteiger partial charge in [-0.05, 0) is 19.4 Å². The summed E-state index contributed by atoms with van der Waals surface area (Å²) in [5, 5.41) is 3.69. The van der Waals surface area contributed by atoms with Gasteiger partial charge in [0, 0.05) is 24.1 Å². The highest BCUT2D eigenvalue weighted by atomic mass is 16.5. The number of methoxy groups -OCH3 is 2. The second-order valence-corrected chi connectivity index (χ2v) is 4.56. The smallest absolute Gasteiger partial charge is 0.224 e. The van der Waals surface area contributed by atoms with Crippen LogP contribution in [0.4, 0.5) is 11.8 Å². The normalized spacial score (nSPS) is 10.7. The van der Waals surface area contributed by atoms with Crippen LogP contribution in [0.1, 0.15) is 12.0 Å². The van der Waals surface area contributed by atoms with Crippen molar-refractivity contribution in [2.24, 2.45) is 5.73 Å². The number of aromatic nitrogens is 2. The third-order valence-electron chi connectivity index (χ3n) is 3.31. The predicted molar refractivity (Wildman–Crippen MR) is 84.0 cm³/mol. The van der Waals surface area contributed by atoms with Crippen molar-refractivity contribution in [3.8, 4) is 11.5 Å². The monoisotopic (exact) mass is 291 g/mol. The van der Waals surface area contributed by atoms with Crippen LogP contribution in [0.25, 0.3) is 10.9 Å². The molecule has 0 bridgehead atoms. The molecule has 0 spiro atoms. The zero-order chi connectivity index (χ0) is 15.4. The minimum Gasteiger partial charge on any atom is -0.493 e. The molecule has 7 heteroatoms. The molecule has 0 radical (unpaired) electrons. The van der Waals surface area contributed by atoms with Crippen LogP contribution < -0.4 is 26.3 Å². The van der Waals surface area contributed by atoms with E-state index in [4.69, 9.17) is 20.9 Å². The topological polar surface area (TPSA) is 108 Å². The van der Waals surface area contributed by atoms with Gasteiger partial charge in [-0.2, -0.15) is 4.98 Å². The van der Waals surface area contributed by atoms with Crippen molar-refractivity contribution in [2.45, 2.75) is 12.8 Å². The summed E-state index contributed by atoms with van der Waals surface area (Å²) >= 11 is 0. The van der Waals surface area contributed by atoms with E-state index < -0.39 is 0 Å². The largest absolute Gasteiger partial charge is 0.493 e. The molecule has 0 aliphatic rings. The lowest BCUT2D eigenvalue weighted by molar-refractivity contribution is 0.352. The first-order valence-electron chi connectivity index (χ1n) is 6.75. The Labute approximate surface area is 123 Å². The molecule has 0 amide bonds. The van der Waals surface area contributed by atoms with Crippen LogP contribution in [0.3, 0.4) is 0 Å². The van der Waals surface area contributed by atoms with Gasteiger partial charge in [-0.3, -0.25) is 0 Å². The van der Waals surface area contributed by atoms with Crippen LogP contribution in [0.2, 0.25) is 0 Å². The maximum atomic E-state index is 6.10. The van der Waals surface area contributed by atoms with Crippen LogP contribution in [0.5, 0.6) is 11.5 Å². The highest BCUT2D eigenvalue weighted by Gasteiger charge is 2.18. The first-order chi connectivity index (χ1) is 10.2. The lowest BCUT2D eigenvalue weighted by Crippen LogP contribution is -2.07. The molecule has 0 saturated heterocycles. The molecule has 0 saturated carbocycles. The molecule has 2 rings (SSSR count). The molecule has 114 valence electrons. The molecular weight excluding hydrogens is 270 g/mol. The molecule has 0 aliphatic heterocycles. The summed E-state index contributed by atoms with van der Waals surface area (Å²) in [6.45, 7) is 0.581. The quantitative estimate of drug-likeness (QED) is 0.732. The average Bonchev–Trinajstić information content (AvgIpc) is 2.50. The summed E-state index contributed by atoms with van der Waals surface area (Å²) in [6, 6.07) is 1.80. The number of aryl methyl sites for hydroxylation is 1. The van der Waals surface area contributed by atoms with Gasteiger partial charge in [-0.15, -0.1) is 0 Å². The number of hydrogen-bond acceptors (Lipinski definition) is 7. The number of ether oxygens (including phenoxy) is 2. The summed E-state index contributed by atoms with van der Waals surface area (Å²) in [6.07, 6.45) is 1.53. The zero-order valence-corrected chi connectivity index (χ0v) is 12.6. The summed E-state index contributed by atoms with van der Waals surface area (Å²) in [7, 11) is 4.95. The van der Waals surface area contributed by atoms with Gasteiger partial charge in [0.2, 0.25) is 5.95 Å². The number of nitrogens with two attached hydrogens (primary N) is 2. The molecule has 1 aromatic carbocycles. The summed E-state index contributed by atoms with van der Waals surface area (Å²) in [5.74, 6) is 2.16. The maximum Gasteiger partial charge on any atom is 0.224 e. The van der Waals surface area contributed by atoms with E-state index in [1.807, 2.05) is 0 Å². The van der Waals surface area contributed by atoms with Crippen LogP contribution >= 0.6 is 0 Å². The fourth-order valence-electron chi connectivity index (χ4n) is 2.37. The highest BCUT2D eigenvalue weighted by Crippen LogP contribution is 2.39. The number of anilines is 2. The number of rotatable bonds is 6. The van der Waals surface area contributed by atoms with E-state index in [-0.39, 0.29) is 0 Å². The fourth-order valence-corrected chi connectivity index (χ4v) is 2.37. The Kier molecular flexibility index (Phi) is 4.64. The van der Waals surface area contributed by atoms with E-state index in [0.29, 0.717) is 29.8 Å². The van der Waals surface area contributed by atoms with Crippen molar-refractivity contribution in [2.75, 3.05) is 38.9 Å². The second-order valence-electron chi connectivity index (χ2n) is 4.56. The standard InChI is InChI=1S/C14H21N5O2/c1-17-14-18-9-7-10(20-2)12(21-3)8(5-4-6-15)11(9)13(16)19-14/h7H,4-6,15H2,1-3H3,(H3,16,17,18,19). The van der Waals surface area contributed by atoms with E-state index in [0.717, 1.165) is 29.3 Å². The lowest BCUT2D eigenvalue weighted by atomic mass is 10.0. The third kappa shape index (κ3) is 2.78. The number of nitrogens with zero attached hydrogens (tertiary/aromatic N) is 2. The molecule has 1 aromatic heterocycles. The number of nitrogens with one attached hydrogen (secondary N) is 1. The number of benzene rings is 1. The molecule has 0 fully saturated rings. The molecule has 5 N–H and O–H groups in total. The molecule has 1 heterocycles. The van der Waals surface area contributed by atoms with Crippen molar-refractivity contribution >= 4 is 22.7 Å². The molecule has 0 atom stereocenters. The van der Waals surface area contributed by atoms with E-state index in [1.54, 1.807) is 27.3 Å². The third-order valence-corrected chi connectivity index (χ3v) is 3.31. The summed E-state index contributed by atoms with van der Waals surface area (Å²) in [5.41, 5.74) is 13.4. The van der Waals surface area contributed by atoms with Gasteiger partial charge in [0.25, 0.3) is 0 Å². The highest BCUT2D eigenvalue weighted by molar-refractivity contribution is 5.95. The number of fused-ring (bicyclic) bond motifs is 1. The van der Waals surface area contributed by atoms with Crippen LogP contribution in [0, 0.1) is 0 Å². The van der Waals surface area contributed by atoms with Gasteiger partial charge < -0.3 is 26.3 Å². The fraction of sp³-hybridized carbons (Fsp3) is 0.429. The Bertz CT molecular complexity index is 645. The Morgan fingerprint density at radius 3 is 2.57 bits per heavy atom. The van der Waals surface area contributed by atoms with Crippen LogP contribution in [-0.4, -0.2) is 37.8 Å². The maximum absolute atomic E-state index is 6.10. The molecule has 7 nitrogen and oxygen atoms in total. The van der Waals surface area contributed by atoms with Gasteiger partial charge in [0.1, 0.15) is 5.82 Å². The Hall–Kier alpha value is -2.28. The lowest BCUT2D eigenvalue weighted by Gasteiger charge is -2.16. The Balaban J connectivity index is 2.77. The molecule has 0 unspecified atom stereocenters. The van der Waals surface area contributed by atoms with Gasteiger partial charge in [-0.25, -0.2) is 4.98 Å². The predicted octanol–water partition coefficient (Wildman–Crippen LogP) is 1.16. The van der Waals surface area contributed by atoms with E-state index in [9.17, 15) is 0 Å². The first-order valence-corrected chi connectivity index (χ1v) is 6.75. The summed E-state index contributed by atoms with van der Waals surface area (Å²) < 4.78 is 10.9. The van der Waals surface area contributed by atoms with Gasteiger partial charge in [0.15, 0.2) is 11.5 Å². The minimum atomic E-state index is 0.414. The Morgan fingerprint density at radius 2 is 2.00 bits per heavy atom. The molecule has 2 aromatic rings. The van der Waals surface area contributed by atoms with E-state index in [1.165, 1.54) is 0 Å². The van der Waals surface area contributed by atoms with Crippen molar-refractivity contribution in [1.82, 2.24) is 9.97 Å². The minimum absolute atomic E-state index is 0.414. The van der Waals surface area contributed by atoms with Crippen molar-refractivity contribution < 1.29 is 9.47 Å². The van der Waals surface area contributed by atoms with E-state index in [2.05, 4.69) is 15.3 Å². The number of nitrogen functional groups attached to an aromatic ring is 1. The van der Waals surface area contributed by atoms with Crippen molar-refractivity contribution in [1.29, 1.82) is 0 Å². The average molecular weight is 291 g/mol. The zero-order valence-electron chi connectivity index (χ0n) is 12.6. The molecular formula is C14H21N5O2. The molecule has 0 aliphatic carbocycles. The van der Waals surface area contributed by atoms with Crippen LogP contribution in [0.15, 0.2) is 6.07 Å². The van der Waals surface area contributed by atoms with Gasteiger partial charge >= 0.3 is 0 Å². The number of hydrogen-bond donors (Lipinski definition) is 3. The van der Waals surface area contributed by atoms with Crippen LogP contribution in [-0.2, 0) is 6.42 Å². The molecule has 21 heavy (non-hydrogen) atoms. The second kappa shape index (κ2) is 6.45. The van der Waals surface area contributed by atoms with Gasteiger partial charge in [-0.1, -0.05) is 0 Å².